The first-order chi connectivity index (χ1) is 7.69. The van der Waals surface area contributed by atoms with Crippen molar-refractivity contribution in [3.63, 3.8) is 0 Å². The molecule has 0 spiro atoms. The quantitative estimate of drug-likeness (QED) is 0.571. The highest BCUT2D eigenvalue weighted by atomic mass is 16.5. The molecule has 16 heavy (non-hydrogen) atoms. The highest BCUT2D eigenvalue weighted by Gasteiger charge is 2.13. The van der Waals surface area contributed by atoms with Crippen LogP contribution in [0.25, 0.3) is 0 Å². The molecular weight excluding hydrogens is 208 g/mol. The molecule has 0 saturated carbocycles. The van der Waals surface area contributed by atoms with Crippen LogP contribution in [0, 0.1) is 10.8 Å². The van der Waals surface area contributed by atoms with Gasteiger partial charge in [-0.15, -0.1) is 0 Å². The SMILES string of the molecule is CCOC(=O)c1ccc(C(=N)CCC=N)o1. The van der Waals surface area contributed by atoms with Gasteiger partial charge in [0.05, 0.1) is 12.3 Å². The Labute approximate surface area is 93.4 Å². The third kappa shape index (κ3) is 3.05. The summed E-state index contributed by atoms with van der Waals surface area (Å²) in [5.41, 5.74) is 0.277. The van der Waals surface area contributed by atoms with Gasteiger partial charge >= 0.3 is 5.97 Å². The zero-order valence-corrected chi connectivity index (χ0v) is 9.08. The van der Waals surface area contributed by atoms with Gasteiger partial charge in [0.2, 0.25) is 5.76 Å². The Morgan fingerprint density at radius 2 is 2.19 bits per heavy atom. The maximum atomic E-state index is 11.3. The first-order valence-corrected chi connectivity index (χ1v) is 5.02. The van der Waals surface area contributed by atoms with Crippen LogP contribution in [0.15, 0.2) is 16.5 Å². The van der Waals surface area contributed by atoms with Gasteiger partial charge in [0, 0.05) is 0 Å². The fraction of sp³-hybridized carbons (Fsp3) is 0.364. The van der Waals surface area contributed by atoms with Crippen LogP contribution in [0.4, 0.5) is 0 Å². The number of nitrogens with one attached hydrogen (secondary N) is 2. The molecule has 5 heteroatoms. The van der Waals surface area contributed by atoms with Crippen LogP contribution in [0.3, 0.4) is 0 Å². The van der Waals surface area contributed by atoms with Crippen molar-refractivity contribution in [2.45, 2.75) is 19.8 Å². The Hall–Kier alpha value is -1.91. The molecule has 1 aromatic heterocycles. The molecule has 0 aromatic carbocycles. The highest BCUT2D eigenvalue weighted by Crippen LogP contribution is 2.11. The molecule has 0 radical (unpaired) electrons. The van der Waals surface area contributed by atoms with Crippen molar-refractivity contribution in [2.75, 3.05) is 6.61 Å². The van der Waals surface area contributed by atoms with Gasteiger partial charge < -0.3 is 20.0 Å². The molecule has 0 bridgehead atoms. The summed E-state index contributed by atoms with van der Waals surface area (Å²) < 4.78 is 9.95. The normalized spacial score (nSPS) is 9.81. The smallest absolute Gasteiger partial charge is 0.374 e. The number of hydrogen-bond acceptors (Lipinski definition) is 5. The summed E-state index contributed by atoms with van der Waals surface area (Å²) in [7, 11) is 0. The summed E-state index contributed by atoms with van der Waals surface area (Å²) in [6, 6.07) is 3.06. The summed E-state index contributed by atoms with van der Waals surface area (Å²) >= 11 is 0. The van der Waals surface area contributed by atoms with Gasteiger partial charge in [-0.05, 0) is 38.1 Å². The second kappa shape index (κ2) is 5.85. The van der Waals surface area contributed by atoms with Gasteiger partial charge in [0.25, 0.3) is 0 Å². The minimum Gasteiger partial charge on any atom is -0.460 e. The van der Waals surface area contributed by atoms with Crippen molar-refractivity contribution in [1.82, 2.24) is 0 Å². The van der Waals surface area contributed by atoms with Crippen LogP contribution in [0.1, 0.15) is 36.1 Å². The zero-order chi connectivity index (χ0) is 12.0. The monoisotopic (exact) mass is 222 g/mol. The topological polar surface area (TPSA) is 87.1 Å². The van der Waals surface area contributed by atoms with Gasteiger partial charge in [-0.1, -0.05) is 0 Å². The Balaban J connectivity index is 2.67. The average molecular weight is 222 g/mol. The summed E-state index contributed by atoms with van der Waals surface area (Å²) in [5.74, 6) is -0.0602. The second-order valence-electron chi connectivity index (χ2n) is 3.11. The first-order valence-electron chi connectivity index (χ1n) is 5.02. The van der Waals surface area contributed by atoms with E-state index in [-0.39, 0.29) is 11.5 Å². The number of furan rings is 1. The molecule has 0 amide bonds. The molecule has 0 unspecified atom stereocenters. The lowest BCUT2D eigenvalue weighted by Crippen LogP contribution is -2.03. The number of hydrogen-bond donors (Lipinski definition) is 2. The lowest BCUT2D eigenvalue weighted by Gasteiger charge is -1.98. The van der Waals surface area contributed by atoms with Crippen LogP contribution < -0.4 is 0 Å². The van der Waals surface area contributed by atoms with Crippen molar-refractivity contribution in [1.29, 1.82) is 10.8 Å². The van der Waals surface area contributed by atoms with Gasteiger partial charge in [0.15, 0.2) is 0 Å². The molecule has 1 rings (SSSR count). The largest absolute Gasteiger partial charge is 0.460 e. The first kappa shape index (κ1) is 12.2. The molecule has 1 aromatic rings. The van der Waals surface area contributed by atoms with E-state index in [1.54, 1.807) is 13.0 Å². The van der Waals surface area contributed by atoms with E-state index in [2.05, 4.69) is 0 Å². The standard InChI is InChI=1S/C11H14N2O3/c1-2-15-11(14)10-6-5-9(16-10)8(13)4-3-7-12/h5-7,12-13H,2-4H2,1H3. The van der Waals surface area contributed by atoms with Crippen LogP contribution in [-0.4, -0.2) is 24.5 Å². The van der Waals surface area contributed by atoms with Crippen molar-refractivity contribution in [2.24, 2.45) is 0 Å². The molecule has 0 saturated heterocycles. The van der Waals surface area contributed by atoms with Crippen LogP contribution >= 0.6 is 0 Å². The fourth-order valence-electron chi connectivity index (χ4n) is 1.15. The Morgan fingerprint density at radius 3 is 2.81 bits per heavy atom. The van der Waals surface area contributed by atoms with Crippen LogP contribution in [-0.2, 0) is 4.74 Å². The molecule has 0 aliphatic rings. The lowest BCUT2D eigenvalue weighted by molar-refractivity contribution is 0.0489. The van der Waals surface area contributed by atoms with E-state index in [1.165, 1.54) is 12.3 Å². The predicted octanol–water partition coefficient (Wildman–Crippen LogP) is 2.25. The number of ether oxygens (including phenoxy) is 1. The third-order valence-corrected chi connectivity index (χ3v) is 1.92. The molecule has 2 N–H and O–H groups in total. The average Bonchev–Trinajstić information content (AvgIpc) is 2.75. The van der Waals surface area contributed by atoms with Crippen molar-refractivity contribution >= 4 is 17.9 Å². The van der Waals surface area contributed by atoms with E-state index in [4.69, 9.17) is 20.0 Å². The molecule has 0 atom stereocenters. The molecule has 86 valence electrons. The van der Waals surface area contributed by atoms with E-state index < -0.39 is 5.97 Å². The number of esters is 1. The second-order valence-corrected chi connectivity index (χ2v) is 3.11. The van der Waals surface area contributed by atoms with E-state index in [9.17, 15) is 4.79 Å². The van der Waals surface area contributed by atoms with Crippen molar-refractivity contribution in [3.8, 4) is 0 Å². The van der Waals surface area contributed by atoms with Gasteiger partial charge in [-0.3, -0.25) is 0 Å². The van der Waals surface area contributed by atoms with E-state index >= 15 is 0 Å². The molecule has 0 aliphatic carbocycles. The van der Waals surface area contributed by atoms with Gasteiger partial charge in [-0.2, -0.15) is 0 Å². The van der Waals surface area contributed by atoms with Crippen LogP contribution in [0.5, 0.6) is 0 Å². The minimum atomic E-state index is -0.520. The molecule has 5 nitrogen and oxygen atoms in total. The summed E-state index contributed by atoms with van der Waals surface area (Å²) in [4.78, 5) is 11.3. The Bertz CT molecular complexity index is 396. The van der Waals surface area contributed by atoms with Crippen molar-refractivity contribution < 1.29 is 13.9 Å². The minimum absolute atomic E-state index is 0.108. The Kier molecular flexibility index (Phi) is 4.44. The van der Waals surface area contributed by atoms with Crippen molar-refractivity contribution in [3.05, 3.63) is 23.7 Å². The highest BCUT2D eigenvalue weighted by molar-refractivity contribution is 5.97. The number of carbonyl (C=O) groups is 1. The predicted molar refractivity (Wildman–Crippen MR) is 59.5 cm³/mol. The Morgan fingerprint density at radius 1 is 1.50 bits per heavy atom. The van der Waals surface area contributed by atoms with E-state index in [0.717, 1.165) is 0 Å². The summed E-state index contributed by atoms with van der Waals surface area (Å²) in [5, 5.41) is 14.5. The maximum absolute atomic E-state index is 11.3. The van der Waals surface area contributed by atoms with E-state index in [1.807, 2.05) is 0 Å². The number of rotatable bonds is 6. The molecule has 1 heterocycles. The molecule has 0 fully saturated rings. The van der Waals surface area contributed by atoms with Gasteiger partial charge in [0.1, 0.15) is 5.76 Å². The lowest BCUT2D eigenvalue weighted by atomic mass is 10.2. The van der Waals surface area contributed by atoms with Gasteiger partial charge in [-0.25, -0.2) is 4.79 Å². The summed E-state index contributed by atoms with van der Waals surface area (Å²) in [6.45, 7) is 2.01. The number of carbonyl (C=O) groups excluding carboxylic acids is 1. The van der Waals surface area contributed by atoms with E-state index in [0.29, 0.717) is 25.2 Å². The summed E-state index contributed by atoms with van der Waals surface area (Å²) in [6.07, 6.45) is 2.16. The third-order valence-electron chi connectivity index (χ3n) is 1.92. The fourth-order valence-corrected chi connectivity index (χ4v) is 1.15. The zero-order valence-electron chi connectivity index (χ0n) is 9.08. The maximum Gasteiger partial charge on any atom is 0.374 e. The molecular formula is C11H14N2O3. The molecule has 0 aliphatic heterocycles. The van der Waals surface area contributed by atoms with Crippen LogP contribution in [0.2, 0.25) is 0 Å².